The van der Waals surface area contributed by atoms with Crippen LogP contribution in [0.5, 0.6) is 0 Å². The van der Waals surface area contributed by atoms with E-state index in [4.69, 9.17) is 10.5 Å². The Morgan fingerprint density at radius 1 is 1.68 bits per heavy atom. The van der Waals surface area contributed by atoms with Crippen molar-refractivity contribution >= 4 is 23.1 Å². The van der Waals surface area contributed by atoms with Crippen molar-refractivity contribution in [3.05, 3.63) is 16.7 Å². The third-order valence-corrected chi connectivity index (χ3v) is 4.22. The van der Waals surface area contributed by atoms with Gasteiger partial charge in [0.2, 0.25) is 5.95 Å². The van der Waals surface area contributed by atoms with Crippen molar-refractivity contribution < 1.29 is 14.6 Å². The molecule has 1 saturated carbocycles. The van der Waals surface area contributed by atoms with E-state index in [1.54, 1.807) is 4.57 Å². The number of fused-ring (bicyclic) bond motifs is 1. The number of nitrogens with one attached hydrogen (secondary N) is 1. The van der Waals surface area contributed by atoms with Crippen LogP contribution in [0.1, 0.15) is 20.3 Å². The molecule has 2 heterocycles. The fraction of sp³-hybridized carbons (Fsp3) is 0.538. The first-order valence-electron chi connectivity index (χ1n) is 6.88. The topological polar surface area (TPSA) is 136 Å². The first-order valence-corrected chi connectivity index (χ1v) is 6.88. The Balaban J connectivity index is 2.10. The highest BCUT2D eigenvalue weighted by molar-refractivity contribution is 5.71. The Hall–Kier alpha value is -2.42. The van der Waals surface area contributed by atoms with Gasteiger partial charge in [-0.2, -0.15) is 4.98 Å². The highest BCUT2D eigenvalue weighted by Crippen LogP contribution is 2.46. The van der Waals surface area contributed by atoms with E-state index in [1.165, 1.54) is 13.3 Å². The van der Waals surface area contributed by atoms with Gasteiger partial charge in [0.1, 0.15) is 6.10 Å². The number of H-pyrrole nitrogens is 1. The zero-order valence-electron chi connectivity index (χ0n) is 12.2. The molecule has 1 aliphatic rings. The Morgan fingerprint density at radius 3 is 3.05 bits per heavy atom. The summed E-state index contributed by atoms with van der Waals surface area (Å²) < 4.78 is 7.03. The summed E-state index contributed by atoms with van der Waals surface area (Å²) in [5, 5.41) is 9.39. The monoisotopic (exact) mass is 307 g/mol. The molecule has 22 heavy (non-hydrogen) atoms. The van der Waals surface area contributed by atoms with Crippen LogP contribution in [-0.2, 0) is 15.1 Å². The van der Waals surface area contributed by atoms with Crippen LogP contribution >= 0.6 is 0 Å². The number of rotatable bonds is 3. The maximum Gasteiger partial charge on any atom is 0.302 e. The third kappa shape index (κ3) is 1.97. The van der Waals surface area contributed by atoms with Crippen LogP contribution in [0, 0.1) is 5.92 Å². The van der Waals surface area contributed by atoms with E-state index < -0.39 is 23.2 Å². The molecule has 9 nitrogen and oxygen atoms in total. The van der Waals surface area contributed by atoms with Crippen LogP contribution in [0.4, 0.5) is 5.95 Å². The Morgan fingerprint density at radius 2 is 2.41 bits per heavy atom. The van der Waals surface area contributed by atoms with Crippen LogP contribution in [0.15, 0.2) is 11.1 Å². The van der Waals surface area contributed by atoms with E-state index in [2.05, 4.69) is 15.0 Å². The van der Waals surface area contributed by atoms with Crippen LogP contribution in [0.2, 0.25) is 0 Å². The van der Waals surface area contributed by atoms with Crippen molar-refractivity contribution in [2.24, 2.45) is 5.92 Å². The number of aromatic amines is 1. The molecule has 1 aliphatic carbocycles. The highest BCUT2D eigenvalue weighted by atomic mass is 16.5. The molecule has 0 bridgehead atoms. The Labute approximate surface area is 125 Å². The molecule has 0 spiro atoms. The Kier molecular flexibility index (Phi) is 3.17. The molecule has 3 rings (SSSR count). The number of carbonyl (C=O) groups is 1. The van der Waals surface area contributed by atoms with Gasteiger partial charge >= 0.3 is 5.97 Å². The second-order valence-electron chi connectivity index (χ2n) is 5.77. The minimum Gasteiger partial charge on any atom is -0.460 e. The molecule has 2 aromatic rings. The molecule has 0 aromatic carbocycles. The van der Waals surface area contributed by atoms with Gasteiger partial charge < -0.3 is 20.1 Å². The smallest absolute Gasteiger partial charge is 0.302 e. The van der Waals surface area contributed by atoms with Gasteiger partial charge in [0.05, 0.1) is 11.9 Å². The lowest BCUT2D eigenvalue weighted by Gasteiger charge is -2.52. The van der Waals surface area contributed by atoms with Gasteiger partial charge in [-0.25, -0.2) is 4.98 Å². The first kappa shape index (κ1) is 14.5. The summed E-state index contributed by atoms with van der Waals surface area (Å²) in [5.74, 6) is -0.597. The fourth-order valence-corrected chi connectivity index (χ4v) is 3.20. The van der Waals surface area contributed by atoms with Gasteiger partial charge in [0, 0.05) is 19.4 Å². The SMILES string of the molecule is CC(=O)O[C@@H]1[C@H](CO)C[C@@]1(C)n1cnc2c(=O)[nH]c(N)nc21. The molecular weight excluding hydrogens is 290 g/mol. The molecule has 0 amide bonds. The lowest BCUT2D eigenvalue weighted by molar-refractivity contribution is -0.178. The molecular formula is C13H17N5O4. The van der Waals surface area contributed by atoms with Crippen LogP contribution in [0.25, 0.3) is 11.2 Å². The zero-order valence-corrected chi connectivity index (χ0v) is 12.2. The maximum atomic E-state index is 11.8. The van der Waals surface area contributed by atoms with E-state index in [0.29, 0.717) is 12.1 Å². The average molecular weight is 307 g/mol. The number of hydrogen-bond acceptors (Lipinski definition) is 7. The second kappa shape index (κ2) is 4.80. The molecule has 0 unspecified atom stereocenters. The van der Waals surface area contributed by atoms with Gasteiger partial charge in [0.15, 0.2) is 11.2 Å². The van der Waals surface area contributed by atoms with Gasteiger partial charge in [-0.05, 0) is 13.3 Å². The largest absolute Gasteiger partial charge is 0.460 e. The summed E-state index contributed by atoms with van der Waals surface area (Å²) in [6, 6.07) is 0. The number of aliphatic hydroxyl groups excluding tert-OH is 1. The third-order valence-electron chi connectivity index (χ3n) is 4.22. The molecule has 1 fully saturated rings. The molecule has 3 atom stereocenters. The number of imidazole rings is 1. The second-order valence-corrected chi connectivity index (χ2v) is 5.77. The lowest BCUT2D eigenvalue weighted by atomic mass is 9.66. The minimum absolute atomic E-state index is 0.00934. The van der Waals surface area contributed by atoms with Crippen LogP contribution in [-0.4, -0.2) is 43.3 Å². The van der Waals surface area contributed by atoms with Crippen molar-refractivity contribution in [1.29, 1.82) is 0 Å². The van der Waals surface area contributed by atoms with Gasteiger partial charge in [-0.15, -0.1) is 0 Å². The summed E-state index contributed by atoms with van der Waals surface area (Å²) >= 11 is 0. The van der Waals surface area contributed by atoms with Crippen molar-refractivity contribution in [3.8, 4) is 0 Å². The zero-order chi connectivity index (χ0) is 16.1. The number of ether oxygens (including phenoxy) is 1. The van der Waals surface area contributed by atoms with Crippen molar-refractivity contribution in [2.45, 2.75) is 31.9 Å². The number of nitrogens with zero attached hydrogens (tertiary/aromatic N) is 3. The number of hydrogen-bond donors (Lipinski definition) is 3. The Bertz CT molecular complexity index is 797. The molecule has 118 valence electrons. The first-order chi connectivity index (χ1) is 10.4. The minimum atomic E-state index is -0.638. The summed E-state index contributed by atoms with van der Waals surface area (Å²) in [6.07, 6.45) is 1.53. The van der Waals surface area contributed by atoms with E-state index in [9.17, 15) is 14.7 Å². The van der Waals surface area contributed by atoms with E-state index in [-0.39, 0.29) is 24.0 Å². The van der Waals surface area contributed by atoms with Crippen molar-refractivity contribution in [2.75, 3.05) is 12.3 Å². The van der Waals surface area contributed by atoms with Gasteiger partial charge in [-0.3, -0.25) is 14.6 Å². The standard InChI is InChI=1S/C13H17N5O4/c1-6(20)22-9-7(4-19)3-13(9,2)18-5-15-8-10(18)16-12(14)17-11(8)21/h5,7,9,19H,3-4H2,1-2H3,(H3,14,16,17,21)/t7-,9+,13+/m0/s1. The quantitative estimate of drug-likeness (QED) is 0.641. The maximum absolute atomic E-state index is 11.8. The number of anilines is 1. The fourth-order valence-electron chi connectivity index (χ4n) is 3.20. The predicted molar refractivity (Wildman–Crippen MR) is 77.0 cm³/mol. The van der Waals surface area contributed by atoms with Gasteiger partial charge in [-0.1, -0.05) is 0 Å². The molecule has 2 aromatic heterocycles. The summed E-state index contributed by atoms with van der Waals surface area (Å²) in [6.45, 7) is 3.10. The number of aromatic nitrogens is 4. The van der Waals surface area contributed by atoms with Crippen LogP contribution < -0.4 is 11.3 Å². The van der Waals surface area contributed by atoms with Gasteiger partial charge in [0.25, 0.3) is 5.56 Å². The molecule has 0 aliphatic heterocycles. The summed E-state index contributed by atoms with van der Waals surface area (Å²) in [4.78, 5) is 33.8. The normalized spacial score (nSPS) is 27.6. The van der Waals surface area contributed by atoms with Crippen molar-refractivity contribution in [1.82, 2.24) is 19.5 Å². The molecule has 9 heteroatoms. The summed E-state index contributed by atoms with van der Waals surface area (Å²) in [5.41, 5.74) is 5.03. The molecule has 0 radical (unpaired) electrons. The lowest BCUT2D eigenvalue weighted by Crippen LogP contribution is -2.60. The van der Waals surface area contributed by atoms with Crippen molar-refractivity contribution in [3.63, 3.8) is 0 Å². The number of carbonyl (C=O) groups excluding carboxylic acids is 1. The number of aliphatic hydroxyl groups is 1. The van der Waals surface area contributed by atoms with Crippen LogP contribution in [0.3, 0.4) is 0 Å². The average Bonchev–Trinajstić information content (AvgIpc) is 2.86. The number of esters is 1. The van der Waals surface area contributed by atoms with E-state index >= 15 is 0 Å². The molecule has 4 N–H and O–H groups in total. The predicted octanol–water partition coefficient (Wildman–Crippen LogP) is -0.639. The number of nitrogens with two attached hydrogens (primary N) is 1. The highest BCUT2D eigenvalue weighted by Gasteiger charge is 2.54. The molecule has 0 saturated heterocycles. The summed E-state index contributed by atoms with van der Waals surface area (Å²) in [7, 11) is 0. The van der Waals surface area contributed by atoms with E-state index in [1.807, 2.05) is 6.92 Å². The van der Waals surface area contributed by atoms with E-state index in [0.717, 1.165) is 0 Å². The number of nitrogen functional groups attached to an aromatic ring is 1.